The van der Waals surface area contributed by atoms with E-state index in [1.807, 2.05) is 6.20 Å². The number of nitrogens with zero attached hydrogens (tertiary/aromatic N) is 3. The minimum atomic E-state index is 0.803. The molecule has 15 heavy (non-hydrogen) atoms. The van der Waals surface area contributed by atoms with Gasteiger partial charge in [-0.15, -0.1) is 0 Å². The molecule has 0 N–H and O–H groups in total. The fourth-order valence-corrected chi connectivity index (χ4v) is 2.59. The largest absolute Gasteiger partial charge is 0.299 e. The fourth-order valence-electron chi connectivity index (χ4n) is 2.59. The molecule has 0 atom stereocenters. The van der Waals surface area contributed by atoms with E-state index in [2.05, 4.69) is 20.9 Å². The molecule has 0 radical (unpaired) electrons. The highest BCUT2D eigenvalue weighted by molar-refractivity contribution is 5.49. The lowest BCUT2D eigenvalue weighted by atomic mass is 9.83. The zero-order valence-corrected chi connectivity index (χ0v) is 8.76. The van der Waals surface area contributed by atoms with E-state index in [0.717, 1.165) is 18.2 Å². The van der Waals surface area contributed by atoms with Crippen LogP contribution in [0, 0.1) is 5.92 Å². The van der Waals surface area contributed by atoms with Gasteiger partial charge in [0, 0.05) is 18.9 Å². The first-order chi connectivity index (χ1) is 7.42. The van der Waals surface area contributed by atoms with Crippen molar-refractivity contribution in [2.45, 2.75) is 12.8 Å². The van der Waals surface area contributed by atoms with Crippen LogP contribution in [0.5, 0.6) is 0 Å². The molecule has 4 rings (SSSR count). The van der Waals surface area contributed by atoms with E-state index < -0.39 is 0 Å². The molecule has 0 spiro atoms. The molecular formula is C12H15N3. The molecule has 3 saturated heterocycles. The Morgan fingerprint density at radius 1 is 1.27 bits per heavy atom. The number of hydrogen-bond acceptors (Lipinski definition) is 3. The first kappa shape index (κ1) is 9.04. The lowest BCUT2D eigenvalue weighted by Gasteiger charge is -2.41. The molecule has 3 aliphatic rings. The van der Waals surface area contributed by atoms with Crippen LogP contribution in [0.15, 0.2) is 24.2 Å². The Morgan fingerprint density at radius 2 is 2.13 bits per heavy atom. The van der Waals surface area contributed by atoms with Gasteiger partial charge < -0.3 is 0 Å². The summed E-state index contributed by atoms with van der Waals surface area (Å²) in [6, 6.07) is 0. The molecule has 0 aromatic carbocycles. The average molecular weight is 201 g/mol. The quantitative estimate of drug-likeness (QED) is 0.691. The summed E-state index contributed by atoms with van der Waals surface area (Å²) in [5, 5.41) is 0. The van der Waals surface area contributed by atoms with E-state index in [1.54, 1.807) is 18.0 Å². The van der Waals surface area contributed by atoms with E-state index in [9.17, 15) is 0 Å². The monoisotopic (exact) mass is 201 g/mol. The Hall–Kier alpha value is -1.22. The van der Waals surface area contributed by atoms with Gasteiger partial charge in [0.05, 0.1) is 11.9 Å². The van der Waals surface area contributed by atoms with E-state index in [0.29, 0.717) is 0 Å². The van der Waals surface area contributed by atoms with Crippen molar-refractivity contribution in [2.75, 3.05) is 19.6 Å². The Balaban J connectivity index is 1.85. The summed E-state index contributed by atoms with van der Waals surface area (Å²) in [7, 11) is 0. The molecule has 0 saturated carbocycles. The summed E-state index contributed by atoms with van der Waals surface area (Å²) in [4.78, 5) is 10.9. The molecule has 3 heteroatoms. The van der Waals surface area contributed by atoms with Gasteiger partial charge in [-0.1, -0.05) is 5.57 Å². The van der Waals surface area contributed by atoms with Gasteiger partial charge in [-0.25, -0.2) is 0 Å². The van der Waals surface area contributed by atoms with Gasteiger partial charge in [0.1, 0.15) is 0 Å². The van der Waals surface area contributed by atoms with Crippen molar-refractivity contribution in [3.8, 4) is 0 Å². The molecule has 1 aromatic rings. The van der Waals surface area contributed by atoms with E-state index in [1.165, 1.54) is 25.9 Å². The van der Waals surface area contributed by atoms with Gasteiger partial charge in [0.2, 0.25) is 0 Å². The van der Waals surface area contributed by atoms with Gasteiger partial charge in [0.25, 0.3) is 0 Å². The van der Waals surface area contributed by atoms with Crippen LogP contribution in [0.2, 0.25) is 0 Å². The van der Waals surface area contributed by atoms with Crippen LogP contribution in [0.4, 0.5) is 0 Å². The van der Waals surface area contributed by atoms with Gasteiger partial charge in [-0.05, 0) is 37.9 Å². The van der Waals surface area contributed by atoms with E-state index in [-0.39, 0.29) is 0 Å². The lowest BCUT2D eigenvalue weighted by Crippen LogP contribution is -2.42. The number of hydrogen-bond donors (Lipinski definition) is 0. The Morgan fingerprint density at radius 3 is 2.73 bits per heavy atom. The minimum Gasteiger partial charge on any atom is -0.299 e. The van der Waals surface area contributed by atoms with Gasteiger partial charge in [-0.2, -0.15) is 0 Å². The Bertz CT molecular complexity index is 364. The van der Waals surface area contributed by atoms with Crippen molar-refractivity contribution in [3.63, 3.8) is 0 Å². The van der Waals surface area contributed by atoms with Crippen molar-refractivity contribution in [2.24, 2.45) is 5.92 Å². The van der Waals surface area contributed by atoms with Gasteiger partial charge in [0.15, 0.2) is 0 Å². The molecule has 1 aromatic heterocycles. The lowest BCUT2D eigenvalue weighted by molar-refractivity contribution is 0.163. The average Bonchev–Trinajstić information content (AvgIpc) is 2.32. The predicted octanol–water partition coefficient (Wildman–Crippen LogP) is 1.59. The minimum absolute atomic E-state index is 0.803. The van der Waals surface area contributed by atoms with Crippen molar-refractivity contribution in [1.82, 2.24) is 14.9 Å². The van der Waals surface area contributed by atoms with Crippen LogP contribution >= 0.6 is 0 Å². The molecule has 78 valence electrons. The first-order valence-corrected chi connectivity index (χ1v) is 5.60. The second kappa shape index (κ2) is 3.74. The zero-order chi connectivity index (χ0) is 10.1. The summed E-state index contributed by atoms with van der Waals surface area (Å²) in [6.07, 6.45) is 10.2. The molecule has 0 unspecified atom stereocenters. The Kier molecular flexibility index (Phi) is 2.25. The highest BCUT2D eigenvalue weighted by atomic mass is 15.1. The molecule has 2 bridgehead atoms. The van der Waals surface area contributed by atoms with E-state index in [4.69, 9.17) is 0 Å². The summed E-state index contributed by atoms with van der Waals surface area (Å²) in [5.74, 6) is 0.803. The second-order valence-corrected chi connectivity index (χ2v) is 4.40. The standard InChI is InChI=1S/C12H15N3/c1-5-15-6-2-10(1)11(9-15)7-12-8-13-3-4-14-12/h3-4,7-8,10H,1-2,5-6,9H2. The molecule has 3 nitrogen and oxygen atoms in total. The summed E-state index contributed by atoms with van der Waals surface area (Å²) in [5.41, 5.74) is 2.55. The third kappa shape index (κ3) is 1.79. The second-order valence-electron chi connectivity index (χ2n) is 4.40. The smallest absolute Gasteiger partial charge is 0.0813 e. The third-order valence-electron chi connectivity index (χ3n) is 3.43. The topological polar surface area (TPSA) is 29.0 Å². The van der Waals surface area contributed by atoms with Crippen LogP contribution in [0.25, 0.3) is 6.08 Å². The molecule has 3 aliphatic heterocycles. The molecule has 0 amide bonds. The molecule has 3 fully saturated rings. The van der Waals surface area contributed by atoms with Crippen molar-refractivity contribution in [1.29, 1.82) is 0 Å². The van der Waals surface area contributed by atoms with Crippen LogP contribution < -0.4 is 0 Å². The Labute approximate surface area is 89.8 Å². The maximum atomic E-state index is 4.30. The summed E-state index contributed by atoms with van der Waals surface area (Å²) >= 11 is 0. The van der Waals surface area contributed by atoms with Crippen LogP contribution in [0.3, 0.4) is 0 Å². The van der Waals surface area contributed by atoms with Crippen LogP contribution in [-0.2, 0) is 0 Å². The number of piperidine rings is 3. The van der Waals surface area contributed by atoms with Gasteiger partial charge >= 0.3 is 0 Å². The predicted molar refractivity (Wildman–Crippen MR) is 59.2 cm³/mol. The third-order valence-corrected chi connectivity index (χ3v) is 3.43. The normalized spacial score (nSPS) is 32.1. The fraction of sp³-hybridized carbons (Fsp3) is 0.500. The maximum Gasteiger partial charge on any atom is 0.0813 e. The highest BCUT2D eigenvalue weighted by Crippen LogP contribution is 2.32. The molecular weight excluding hydrogens is 186 g/mol. The zero-order valence-electron chi connectivity index (χ0n) is 8.76. The molecule has 4 heterocycles. The van der Waals surface area contributed by atoms with Crippen LogP contribution in [-0.4, -0.2) is 34.5 Å². The molecule has 0 aliphatic carbocycles. The summed E-state index contributed by atoms with van der Waals surface area (Å²) < 4.78 is 0. The maximum absolute atomic E-state index is 4.30. The SMILES string of the molecule is C(=C1CN2CCC1CC2)c1cnccn1. The van der Waals surface area contributed by atoms with Crippen molar-refractivity contribution in [3.05, 3.63) is 29.9 Å². The van der Waals surface area contributed by atoms with Gasteiger partial charge in [-0.3, -0.25) is 14.9 Å². The first-order valence-electron chi connectivity index (χ1n) is 5.60. The number of rotatable bonds is 1. The highest BCUT2D eigenvalue weighted by Gasteiger charge is 2.29. The summed E-state index contributed by atoms with van der Waals surface area (Å²) in [6.45, 7) is 3.70. The number of fused-ring (bicyclic) bond motifs is 3. The van der Waals surface area contributed by atoms with Crippen molar-refractivity contribution >= 4 is 6.08 Å². The number of aromatic nitrogens is 2. The van der Waals surface area contributed by atoms with E-state index >= 15 is 0 Å². The van der Waals surface area contributed by atoms with Crippen molar-refractivity contribution < 1.29 is 0 Å². The van der Waals surface area contributed by atoms with Crippen LogP contribution in [0.1, 0.15) is 18.5 Å².